The van der Waals surface area contributed by atoms with E-state index in [1.807, 2.05) is 30.3 Å². The van der Waals surface area contributed by atoms with E-state index >= 15 is 0 Å². The molecule has 0 saturated heterocycles. The van der Waals surface area contributed by atoms with Crippen molar-refractivity contribution in [2.75, 3.05) is 18.5 Å². The first-order valence-electron chi connectivity index (χ1n) is 8.03. The molecule has 1 aromatic rings. The number of nitrogens with one attached hydrogen (secondary N) is 2. The Labute approximate surface area is 132 Å². The highest BCUT2D eigenvalue weighted by Crippen LogP contribution is 2.17. The Kier molecular flexibility index (Phi) is 6.25. The number of para-hydroxylation sites is 1. The van der Waals surface area contributed by atoms with Gasteiger partial charge in [-0.25, -0.2) is 4.79 Å². The van der Waals surface area contributed by atoms with Crippen molar-refractivity contribution in [3.05, 3.63) is 30.3 Å². The first-order valence-corrected chi connectivity index (χ1v) is 8.03. The van der Waals surface area contributed by atoms with E-state index in [0.717, 1.165) is 18.5 Å². The number of anilines is 1. The Hall–Kier alpha value is -2.04. The highest BCUT2D eigenvalue weighted by molar-refractivity contribution is 5.93. The van der Waals surface area contributed by atoms with Gasteiger partial charge in [-0.15, -0.1) is 0 Å². The summed E-state index contributed by atoms with van der Waals surface area (Å²) in [6, 6.07) is 9.61. The van der Waals surface area contributed by atoms with Crippen molar-refractivity contribution in [3.8, 4) is 0 Å². The molecule has 1 aliphatic rings. The third kappa shape index (κ3) is 5.06. The smallest absolute Gasteiger partial charge is 0.315 e. The molecule has 1 saturated carbocycles. The molecule has 0 unspecified atom stereocenters. The fourth-order valence-corrected chi connectivity index (χ4v) is 2.73. The van der Waals surface area contributed by atoms with Crippen LogP contribution < -0.4 is 15.5 Å². The van der Waals surface area contributed by atoms with Crippen LogP contribution in [0.15, 0.2) is 30.3 Å². The standard InChI is InChI=1S/C17H25N3O2/c1-20(15-10-6-3-7-11-15)16(21)12-13-18-17(22)19-14-8-4-2-5-9-14/h3,6-7,10-11,14H,2,4-5,8-9,12-13H2,1H3,(H2,18,19,22). The first kappa shape index (κ1) is 16.3. The molecule has 120 valence electrons. The fourth-order valence-electron chi connectivity index (χ4n) is 2.73. The lowest BCUT2D eigenvalue weighted by atomic mass is 9.96. The second kappa shape index (κ2) is 8.41. The van der Waals surface area contributed by atoms with Gasteiger partial charge in [-0.2, -0.15) is 0 Å². The fraction of sp³-hybridized carbons (Fsp3) is 0.529. The summed E-state index contributed by atoms with van der Waals surface area (Å²) in [4.78, 5) is 25.5. The Bertz CT molecular complexity index is 484. The van der Waals surface area contributed by atoms with Crippen LogP contribution in [0.2, 0.25) is 0 Å². The van der Waals surface area contributed by atoms with Crippen LogP contribution in [0, 0.1) is 0 Å². The molecular weight excluding hydrogens is 278 g/mol. The molecule has 3 amide bonds. The molecule has 2 rings (SSSR count). The number of benzene rings is 1. The monoisotopic (exact) mass is 303 g/mol. The van der Waals surface area contributed by atoms with Crippen LogP contribution in [0.4, 0.5) is 10.5 Å². The molecular formula is C17H25N3O2. The molecule has 0 aromatic heterocycles. The number of hydrogen-bond donors (Lipinski definition) is 2. The molecule has 0 spiro atoms. The molecule has 0 atom stereocenters. The third-order valence-corrected chi connectivity index (χ3v) is 4.08. The lowest BCUT2D eigenvalue weighted by Crippen LogP contribution is -2.44. The minimum atomic E-state index is -0.165. The maximum Gasteiger partial charge on any atom is 0.315 e. The first-order chi connectivity index (χ1) is 10.7. The van der Waals surface area contributed by atoms with Gasteiger partial charge in [0.2, 0.25) is 5.91 Å². The van der Waals surface area contributed by atoms with E-state index in [0.29, 0.717) is 13.0 Å². The summed E-state index contributed by atoms with van der Waals surface area (Å²) < 4.78 is 0. The maximum atomic E-state index is 12.1. The van der Waals surface area contributed by atoms with Crippen LogP contribution in [0.5, 0.6) is 0 Å². The van der Waals surface area contributed by atoms with Crippen LogP contribution in [-0.4, -0.2) is 31.6 Å². The molecule has 0 radical (unpaired) electrons. The quantitative estimate of drug-likeness (QED) is 0.878. The molecule has 0 heterocycles. The minimum Gasteiger partial charge on any atom is -0.338 e. The van der Waals surface area contributed by atoms with E-state index in [4.69, 9.17) is 0 Å². The van der Waals surface area contributed by atoms with E-state index in [2.05, 4.69) is 10.6 Å². The van der Waals surface area contributed by atoms with Crippen LogP contribution in [0.3, 0.4) is 0 Å². The van der Waals surface area contributed by atoms with E-state index in [1.54, 1.807) is 11.9 Å². The summed E-state index contributed by atoms with van der Waals surface area (Å²) >= 11 is 0. The molecule has 1 fully saturated rings. The van der Waals surface area contributed by atoms with Crippen molar-refractivity contribution in [3.63, 3.8) is 0 Å². The van der Waals surface area contributed by atoms with Crippen LogP contribution >= 0.6 is 0 Å². The lowest BCUT2D eigenvalue weighted by molar-refractivity contribution is -0.118. The zero-order chi connectivity index (χ0) is 15.8. The van der Waals surface area contributed by atoms with Gasteiger partial charge in [0.05, 0.1) is 0 Å². The molecule has 1 aromatic carbocycles. The van der Waals surface area contributed by atoms with E-state index in [9.17, 15) is 9.59 Å². The number of urea groups is 1. The second-order valence-electron chi connectivity index (χ2n) is 5.77. The van der Waals surface area contributed by atoms with Gasteiger partial charge >= 0.3 is 6.03 Å². The number of hydrogen-bond acceptors (Lipinski definition) is 2. The molecule has 1 aliphatic carbocycles. The average Bonchev–Trinajstić information content (AvgIpc) is 2.55. The van der Waals surface area contributed by atoms with E-state index in [1.165, 1.54) is 19.3 Å². The zero-order valence-electron chi connectivity index (χ0n) is 13.2. The van der Waals surface area contributed by atoms with Gasteiger partial charge in [0.15, 0.2) is 0 Å². The molecule has 5 heteroatoms. The highest BCUT2D eigenvalue weighted by Gasteiger charge is 2.16. The number of rotatable bonds is 5. The Morgan fingerprint density at radius 2 is 1.82 bits per heavy atom. The van der Waals surface area contributed by atoms with Crippen molar-refractivity contribution >= 4 is 17.6 Å². The van der Waals surface area contributed by atoms with Gasteiger partial charge < -0.3 is 15.5 Å². The van der Waals surface area contributed by atoms with Gasteiger partial charge in [0.1, 0.15) is 0 Å². The number of carbonyl (C=O) groups excluding carboxylic acids is 2. The average molecular weight is 303 g/mol. The number of amides is 3. The summed E-state index contributed by atoms with van der Waals surface area (Å²) in [5, 5.41) is 5.75. The summed E-state index contributed by atoms with van der Waals surface area (Å²) in [5.74, 6) is -0.0100. The maximum absolute atomic E-state index is 12.1. The minimum absolute atomic E-state index is 0.0100. The van der Waals surface area contributed by atoms with Crippen molar-refractivity contribution < 1.29 is 9.59 Å². The predicted octanol–water partition coefficient (Wildman–Crippen LogP) is 2.67. The summed E-state index contributed by atoms with van der Waals surface area (Å²) in [5.41, 5.74) is 0.860. The summed E-state index contributed by atoms with van der Waals surface area (Å²) in [6.07, 6.45) is 6.05. The Morgan fingerprint density at radius 1 is 1.14 bits per heavy atom. The van der Waals surface area contributed by atoms with E-state index in [-0.39, 0.29) is 18.0 Å². The highest BCUT2D eigenvalue weighted by atomic mass is 16.2. The molecule has 0 bridgehead atoms. The van der Waals surface area contributed by atoms with Crippen LogP contribution in [-0.2, 0) is 4.79 Å². The molecule has 0 aliphatic heterocycles. The van der Waals surface area contributed by atoms with Crippen molar-refractivity contribution in [2.45, 2.75) is 44.6 Å². The molecule has 22 heavy (non-hydrogen) atoms. The Morgan fingerprint density at radius 3 is 2.50 bits per heavy atom. The molecule has 5 nitrogen and oxygen atoms in total. The summed E-state index contributed by atoms with van der Waals surface area (Å²) in [7, 11) is 1.75. The van der Waals surface area contributed by atoms with Gasteiger partial charge in [0.25, 0.3) is 0 Å². The van der Waals surface area contributed by atoms with Crippen LogP contribution in [0.25, 0.3) is 0 Å². The van der Waals surface area contributed by atoms with Gasteiger partial charge in [-0.1, -0.05) is 37.5 Å². The van der Waals surface area contributed by atoms with Gasteiger partial charge in [-0.05, 0) is 25.0 Å². The number of carbonyl (C=O) groups is 2. The predicted molar refractivity (Wildman–Crippen MR) is 87.9 cm³/mol. The van der Waals surface area contributed by atoms with Crippen molar-refractivity contribution in [1.29, 1.82) is 0 Å². The van der Waals surface area contributed by atoms with Gasteiger partial charge in [0, 0.05) is 31.7 Å². The Balaban J connectivity index is 1.67. The molecule has 2 N–H and O–H groups in total. The largest absolute Gasteiger partial charge is 0.338 e. The van der Waals surface area contributed by atoms with Crippen LogP contribution in [0.1, 0.15) is 38.5 Å². The number of nitrogens with zero attached hydrogens (tertiary/aromatic N) is 1. The third-order valence-electron chi connectivity index (χ3n) is 4.08. The normalized spacial score (nSPS) is 15.1. The van der Waals surface area contributed by atoms with Gasteiger partial charge in [-0.3, -0.25) is 4.79 Å². The topological polar surface area (TPSA) is 61.4 Å². The van der Waals surface area contributed by atoms with Crippen molar-refractivity contribution in [2.24, 2.45) is 0 Å². The lowest BCUT2D eigenvalue weighted by Gasteiger charge is -2.23. The summed E-state index contributed by atoms with van der Waals surface area (Å²) in [6.45, 7) is 0.356. The van der Waals surface area contributed by atoms with E-state index < -0.39 is 0 Å². The second-order valence-corrected chi connectivity index (χ2v) is 5.77. The zero-order valence-corrected chi connectivity index (χ0v) is 13.2. The SMILES string of the molecule is CN(C(=O)CCNC(=O)NC1CCCCC1)c1ccccc1. The van der Waals surface area contributed by atoms with Crippen molar-refractivity contribution in [1.82, 2.24) is 10.6 Å².